The standard InChI is InChI=1S/C19H27N5O3S/c1-15-5-7-16(8-6-15)24-13-18(20-21-24)19(25)23(11-4-10-22(2)3)17-9-12-28(26,27)14-17/h5-8,13,17H,4,9-12,14H2,1-3H3. The highest BCUT2D eigenvalue weighted by molar-refractivity contribution is 7.91. The smallest absolute Gasteiger partial charge is 0.276 e. The zero-order valence-electron chi connectivity index (χ0n) is 16.6. The number of hydrogen-bond acceptors (Lipinski definition) is 6. The Morgan fingerprint density at radius 2 is 1.93 bits per heavy atom. The van der Waals surface area contributed by atoms with Gasteiger partial charge in [0.25, 0.3) is 5.91 Å². The Hall–Kier alpha value is -2.26. The van der Waals surface area contributed by atoms with Crippen LogP contribution in [-0.2, 0) is 9.84 Å². The van der Waals surface area contributed by atoms with Crippen LogP contribution in [0.2, 0.25) is 0 Å². The van der Waals surface area contributed by atoms with Crippen molar-refractivity contribution in [2.75, 3.05) is 38.7 Å². The number of sulfone groups is 1. The summed E-state index contributed by atoms with van der Waals surface area (Å²) in [5.41, 5.74) is 2.18. The quantitative estimate of drug-likeness (QED) is 0.687. The molecule has 28 heavy (non-hydrogen) atoms. The first-order chi connectivity index (χ1) is 13.2. The van der Waals surface area contributed by atoms with Crippen LogP contribution in [0.3, 0.4) is 0 Å². The van der Waals surface area contributed by atoms with Gasteiger partial charge in [0.2, 0.25) is 0 Å². The number of nitrogens with zero attached hydrogens (tertiary/aromatic N) is 5. The molecule has 1 aliphatic rings. The second kappa shape index (κ2) is 8.40. The molecule has 2 aromatic rings. The van der Waals surface area contributed by atoms with E-state index in [1.807, 2.05) is 50.2 Å². The largest absolute Gasteiger partial charge is 0.333 e. The molecule has 0 saturated carbocycles. The van der Waals surface area contributed by atoms with Crippen LogP contribution in [0.5, 0.6) is 0 Å². The monoisotopic (exact) mass is 405 g/mol. The first kappa shape index (κ1) is 20.5. The van der Waals surface area contributed by atoms with Gasteiger partial charge in [-0.15, -0.1) is 5.10 Å². The average molecular weight is 406 g/mol. The van der Waals surface area contributed by atoms with Crippen LogP contribution in [0.25, 0.3) is 5.69 Å². The maximum absolute atomic E-state index is 13.1. The van der Waals surface area contributed by atoms with Gasteiger partial charge in [-0.05, 0) is 52.5 Å². The van der Waals surface area contributed by atoms with Gasteiger partial charge in [0, 0.05) is 12.6 Å². The fourth-order valence-electron chi connectivity index (χ4n) is 3.36. The number of hydrogen-bond donors (Lipinski definition) is 0. The van der Waals surface area contributed by atoms with Gasteiger partial charge in [-0.25, -0.2) is 13.1 Å². The second-order valence-corrected chi connectivity index (χ2v) is 9.82. The molecule has 0 N–H and O–H groups in total. The summed E-state index contributed by atoms with van der Waals surface area (Å²) < 4.78 is 25.4. The summed E-state index contributed by atoms with van der Waals surface area (Å²) in [5.74, 6) is -0.114. The van der Waals surface area contributed by atoms with Crippen molar-refractivity contribution in [2.45, 2.75) is 25.8 Å². The average Bonchev–Trinajstić information content (AvgIpc) is 3.25. The highest BCUT2D eigenvalue weighted by Gasteiger charge is 2.35. The summed E-state index contributed by atoms with van der Waals surface area (Å²) in [5, 5.41) is 8.12. The summed E-state index contributed by atoms with van der Waals surface area (Å²) in [4.78, 5) is 16.8. The van der Waals surface area contributed by atoms with Crippen molar-refractivity contribution >= 4 is 15.7 Å². The molecule has 9 heteroatoms. The summed E-state index contributed by atoms with van der Waals surface area (Å²) in [6.07, 6.45) is 2.85. The Bertz CT molecular complexity index is 921. The summed E-state index contributed by atoms with van der Waals surface area (Å²) in [7, 11) is 0.858. The normalized spacial score (nSPS) is 18.5. The Kier molecular flexibility index (Phi) is 6.14. The number of benzene rings is 1. The van der Waals surface area contributed by atoms with Crippen LogP contribution >= 0.6 is 0 Å². The maximum Gasteiger partial charge on any atom is 0.276 e. The Balaban J connectivity index is 1.79. The summed E-state index contributed by atoms with van der Waals surface area (Å²) in [6.45, 7) is 3.31. The maximum atomic E-state index is 13.1. The van der Waals surface area contributed by atoms with Gasteiger partial charge in [0.1, 0.15) is 0 Å². The van der Waals surface area contributed by atoms with E-state index in [4.69, 9.17) is 0 Å². The van der Waals surface area contributed by atoms with Crippen LogP contribution in [0, 0.1) is 6.92 Å². The van der Waals surface area contributed by atoms with E-state index in [2.05, 4.69) is 10.3 Å². The van der Waals surface area contributed by atoms with E-state index in [0.29, 0.717) is 13.0 Å². The molecule has 1 fully saturated rings. The molecule has 1 aromatic heterocycles. The molecule has 152 valence electrons. The molecule has 0 spiro atoms. The molecular formula is C19H27N5O3S. The minimum atomic E-state index is -3.08. The van der Waals surface area contributed by atoms with Crippen molar-refractivity contribution < 1.29 is 13.2 Å². The van der Waals surface area contributed by atoms with Gasteiger partial charge < -0.3 is 9.80 Å². The molecule has 0 aliphatic carbocycles. The Labute approximate surface area is 166 Å². The van der Waals surface area contributed by atoms with Crippen molar-refractivity contribution in [3.05, 3.63) is 41.7 Å². The Morgan fingerprint density at radius 3 is 2.54 bits per heavy atom. The van der Waals surface area contributed by atoms with Crippen LogP contribution < -0.4 is 0 Å². The molecule has 0 radical (unpaired) electrons. The van der Waals surface area contributed by atoms with E-state index < -0.39 is 9.84 Å². The molecule has 1 unspecified atom stereocenters. The molecule has 1 amide bonds. The van der Waals surface area contributed by atoms with E-state index >= 15 is 0 Å². The number of rotatable bonds is 7. The number of aryl methyl sites for hydroxylation is 1. The van der Waals surface area contributed by atoms with Gasteiger partial charge in [-0.2, -0.15) is 0 Å². The van der Waals surface area contributed by atoms with Crippen molar-refractivity contribution in [3.8, 4) is 5.69 Å². The highest BCUT2D eigenvalue weighted by Crippen LogP contribution is 2.20. The third-order valence-electron chi connectivity index (χ3n) is 4.93. The van der Waals surface area contributed by atoms with Crippen molar-refractivity contribution in [2.24, 2.45) is 0 Å². The lowest BCUT2D eigenvalue weighted by Gasteiger charge is -2.28. The van der Waals surface area contributed by atoms with Crippen molar-refractivity contribution in [3.63, 3.8) is 0 Å². The minimum Gasteiger partial charge on any atom is -0.333 e. The molecule has 0 bridgehead atoms. The van der Waals surface area contributed by atoms with Crippen LogP contribution in [-0.4, -0.2) is 83.9 Å². The minimum absolute atomic E-state index is 0.0206. The van der Waals surface area contributed by atoms with Crippen LogP contribution in [0.15, 0.2) is 30.5 Å². The molecule has 2 heterocycles. The second-order valence-electron chi connectivity index (χ2n) is 7.60. The van der Waals surface area contributed by atoms with E-state index in [1.165, 1.54) is 0 Å². The SMILES string of the molecule is Cc1ccc(-n2cc(C(=O)N(CCCN(C)C)C3CCS(=O)(=O)C3)nn2)cc1. The zero-order chi connectivity index (χ0) is 20.3. The molecular weight excluding hydrogens is 378 g/mol. The van der Waals surface area contributed by atoms with Crippen LogP contribution in [0.4, 0.5) is 0 Å². The molecule has 8 nitrogen and oxygen atoms in total. The third-order valence-corrected chi connectivity index (χ3v) is 6.68. The molecule has 1 aliphatic heterocycles. The van der Waals surface area contributed by atoms with Gasteiger partial charge >= 0.3 is 0 Å². The summed E-state index contributed by atoms with van der Waals surface area (Å²) in [6, 6.07) is 7.46. The third kappa shape index (κ3) is 4.96. The molecule has 1 saturated heterocycles. The number of aromatic nitrogens is 3. The molecule has 3 rings (SSSR count). The topological polar surface area (TPSA) is 88.4 Å². The lowest BCUT2D eigenvalue weighted by Crippen LogP contribution is -2.42. The molecule has 1 atom stereocenters. The number of carbonyl (C=O) groups excluding carboxylic acids is 1. The van der Waals surface area contributed by atoms with E-state index in [1.54, 1.807) is 15.8 Å². The van der Waals surface area contributed by atoms with E-state index in [0.717, 1.165) is 24.2 Å². The predicted octanol–water partition coefficient (Wildman–Crippen LogP) is 1.16. The first-order valence-electron chi connectivity index (χ1n) is 9.41. The summed E-state index contributed by atoms with van der Waals surface area (Å²) >= 11 is 0. The van der Waals surface area contributed by atoms with Gasteiger partial charge in [-0.3, -0.25) is 4.79 Å². The number of amides is 1. The Morgan fingerprint density at radius 1 is 1.21 bits per heavy atom. The fourth-order valence-corrected chi connectivity index (χ4v) is 5.09. The predicted molar refractivity (Wildman–Crippen MR) is 107 cm³/mol. The molecule has 1 aromatic carbocycles. The van der Waals surface area contributed by atoms with Gasteiger partial charge in [0.05, 0.1) is 23.4 Å². The van der Waals surface area contributed by atoms with Gasteiger partial charge in [0.15, 0.2) is 15.5 Å². The zero-order valence-corrected chi connectivity index (χ0v) is 17.4. The van der Waals surface area contributed by atoms with Crippen LogP contribution in [0.1, 0.15) is 28.9 Å². The lowest BCUT2D eigenvalue weighted by atomic mass is 10.2. The van der Waals surface area contributed by atoms with E-state index in [-0.39, 0.29) is 29.1 Å². The highest BCUT2D eigenvalue weighted by atomic mass is 32.2. The van der Waals surface area contributed by atoms with Gasteiger partial charge in [-0.1, -0.05) is 22.9 Å². The number of carbonyl (C=O) groups is 1. The first-order valence-corrected chi connectivity index (χ1v) is 11.2. The fraction of sp³-hybridized carbons (Fsp3) is 0.526. The lowest BCUT2D eigenvalue weighted by molar-refractivity contribution is 0.0684. The van der Waals surface area contributed by atoms with Crippen molar-refractivity contribution in [1.29, 1.82) is 0 Å². The van der Waals surface area contributed by atoms with Crippen molar-refractivity contribution in [1.82, 2.24) is 24.8 Å². The van der Waals surface area contributed by atoms with E-state index in [9.17, 15) is 13.2 Å².